The second kappa shape index (κ2) is 7.23. The van der Waals surface area contributed by atoms with E-state index in [1.807, 2.05) is 30.3 Å². The molecule has 0 unspecified atom stereocenters. The van der Waals surface area contributed by atoms with E-state index in [0.29, 0.717) is 29.2 Å². The standard InChI is InChI=1S/C16H14N6O2/c1-22-16(18-20-21-22)15(12-6-3-2-4-7-12)19-24-11-14-9-5-8-13(10-23)17-14/h2-10H,11H2,1H3/b19-15-. The van der Waals surface area contributed by atoms with Crippen LogP contribution in [0.1, 0.15) is 27.6 Å². The van der Waals surface area contributed by atoms with Gasteiger partial charge in [-0.3, -0.25) is 4.79 Å². The van der Waals surface area contributed by atoms with Crippen LogP contribution in [0.3, 0.4) is 0 Å². The Hall–Kier alpha value is -3.42. The Morgan fingerprint density at radius 3 is 2.75 bits per heavy atom. The smallest absolute Gasteiger partial charge is 0.204 e. The third kappa shape index (κ3) is 3.49. The number of carbonyl (C=O) groups excluding carboxylic acids is 1. The fourth-order valence-electron chi connectivity index (χ4n) is 2.06. The molecule has 0 saturated heterocycles. The first-order valence-electron chi connectivity index (χ1n) is 7.17. The molecule has 0 aliphatic carbocycles. The van der Waals surface area contributed by atoms with Gasteiger partial charge in [0, 0.05) is 12.6 Å². The Morgan fingerprint density at radius 1 is 1.21 bits per heavy atom. The van der Waals surface area contributed by atoms with Crippen LogP contribution in [0.15, 0.2) is 53.7 Å². The fourth-order valence-corrected chi connectivity index (χ4v) is 2.06. The Bertz CT molecular complexity index is 860. The lowest BCUT2D eigenvalue weighted by Gasteiger charge is -2.06. The van der Waals surface area contributed by atoms with Crippen LogP contribution in [-0.4, -0.2) is 37.2 Å². The zero-order chi connectivity index (χ0) is 16.8. The van der Waals surface area contributed by atoms with Crippen molar-refractivity contribution in [3.05, 3.63) is 71.3 Å². The van der Waals surface area contributed by atoms with Crippen molar-refractivity contribution in [2.75, 3.05) is 0 Å². The minimum Gasteiger partial charge on any atom is -0.389 e. The molecule has 1 aromatic carbocycles. The number of aryl methyl sites for hydroxylation is 1. The van der Waals surface area contributed by atoms with Crippen LogP contribution >= 0.6 is 0 Å². The molecule has 120 valence electrons. The molecule has 0 saturated carbocycles. The summed E-state index contributed by atoms with van der Waals surface area (Å²) in [5.74, 6) is 0.482. The van der Waals surface area contributed by atoms with E-state index >= 15 is 0 Å². The molecule has 0 aliphatic heterocycles. The molecule has 0 radical (unpaired) electrons. The van der Waals surface area contributed by atoms with Crippen molar-refractivity contribution in [3.8, 4) is 0 Å². The molecule has 0 bridgehead atoms. The molecule has 8 nitrogen and oxygen atoms in total. The lowest BCUT2D eigenvalue weighted by molar-refractivity contribution is 0.111. The van der Waals surface area contributed by atoms with Gasteiger partial charge in [0.2, 0.25) is 5.82 Å². The quantitative estimate of drug-likeness (QED) is 0.386. The monoisotopic (exact) mass is 322 g/mol. The maximum absolute atomic E-state index is 10.8. The molecule has 0 aliphatic rings. The number of pyridine rings is 1. The van der Waals surface area contributed by atoms with Crippen LogP contribution in [0, 0.1) is 0 Å². The summed E-state index contributed by atoms with van der Waals surface area (Å²) in [5.41, 5.74) is 2.28. The van der Waals surface area contributed by atoms with E-state index < -0.39 is 0 Å². The summed E-state index contributed by atoms with van der Waals surface area (Å²) >= 11 is 0. The van der Waals surface area contributed by atoms with Gasteiger partial charge in [0.25, 0.3) is 0 Å². The minimum atomic E-state index is 0.128. The zero-order valence-corrected chi connectivity index (χ0v) is 12.9. The van der Waals surface area contributed by atoms with Crippen molar-refractivity contribution in [1.82, 2.24) is 25.2 Å². The molecular formula is C16H14N6O2. The number of hydrogen-bond donors (Lipinski definition) is 0. The predicted octanol–water partition coefficient (Wildman–Crippen LogP) is 1.39. The number of hydrogen-bond acceptors (Lipinski definition) is 7. The Balaban J connectivity index is 1.84. The molecule has 24 heavy (non-hydrogen) atoms. The molecule has 0 fully saturated rings. The van der Waals surface area contributed by atoms with Gasteiger partial charge in [-0.2, -0.15) is 0 Å². The summed E-state index contributed by atoms with van der Waals surface area (Å²) < 4.78 is 1.51. The highest BCUT2D eigenvalue weighted by Gasteiger charge is 2.14. The molecule has 8 heteroatoms. The van der Waals surface area contributed by atoms with Gasteiger partial charge in [-0.25, -0.2) is 9.67 Å². The van der Waals surface area contributed by atoms with Gasteiger partial charge in [-0.1, -0.05) is 41.6 Å². The van der Waals surface area contributed by atoms with E-state index in [1.165, 1.54) is 4.68 Å². The molecule has 2 aromatic heterocycles. The molecular weight excluding hydrogens is 308 g/mol. The predicted molar refractivity (Wildman–Crippen MR) is 85.3 cm³/mol. The minimum absolute atomic E-state index is 0.128. The lowest BCUT2D eigenvalue weighted by atomic mass is 10.1. The van der Waals surface area contributed by atoms with Crippen molar-refractivity contribution in [2.24, 2.45) is 12.2 Å². The highest BCUT2D eigenvalue weighted by molar-refractivity contribution is 6.10. The van der Waals surface area contributed by atoms with Gasteiger partial charge in [0.15, 0.2) is 18.6 Å². The van der Waals surface area contributed by atoms with Crippen molar-refractivity contribution in [2.45, 2.75) is 6.61 Å². The first kappa shape index (κ1) is 15.5. The summed E-state index contributed by atoms with van der Waals surface area (Å²) in [6, 6.07) is 14.6. The van der Waals surface area contributed by atoms with Crippen LogP contribution in [0.25, 0.3) is 0 Å². The highest BCUT2D eigenvalue weighted by atomic mass is 16.6. The summed E-state index contributed by atoms with van der Waals surface area (Å²) in [6.07, 6.45) is 0.688. The van der Waals surface area contributed by atoms with E-state index in [2.05, 4.69) is 25.7 Å². The summed E-state index contributed by atoms with van der Waals surface area (Å²) in [5, 5.41) is 15.6. The number of carbonyl (C=O) groups is 1. The SMILES string of the molecule is Cn1nnnc1/C(=N\OCc1cccc(C=O)n1)c1ccccc1. The van der Waals surface area contributed by atoms with Crippen LogP contribution < -0.4 is 0 Å². The molecule has 0 atom stereocenters. The molecule has 2 heterocycles. The third-order valence-electron chi connectivity index (χ3n) is 3.20. The maximum Gasteiger partial charge on any atom is 0.204 e. The van der Waals surface area contributed by atoms with E-state index in [4.69, 9.17) is 4.84 Å². The normalized spacial score (nSPS) is 11.3. The van der Waals surface area contributed by atoms with E-state index in [1.54, 1.807) is 25.2 Å². The average Bonchev–Trinajstić information content (AvgIpc) is 3.05. The van der Waals surface area contributed by atoms with Gasteiger partial charge in [-0.15, -0.1) is 5.10 Å². The van der Waals surface area contributed by atoms with Crippen molar-refractivity contribution in [3.63, 3.8) is 0 Å². The van der Waals surface area contributed by atoms with Crippen molar-refractivity contribution in [1.29, 1.82) is 0 Å². The van der Waals surface area contributed by atoms with E-state index in [0.717, 1.165) is 5.56 Å². The molecule has 0 amide bonds. The van der Waals surface area contributed by atoms with Crippen LogP contribution in [-0.2, 0) is 18.5 Å². The number of oxime groups is 1. The van der Waals surface area contributed by atoms with Crippen LogP contribution in [0.4, 0.5) is 0 Å². The summed E-state index contributed by atoms with van der Waals surface area (Å²) in [7, 11) is 1.73. The van der Waals surface area contributed by atoms with Gasteiger partial charge in [0.1, 0.15) is 5.69 Å². The lowest BCUT2D eigenvalue weighted by Crippen LogP contribution is -2.12. The van der Waals surface area contributed by atoms with Gasteiger partial charge < -0.3 is 4.84 Å². The first-order valence-corrected chi connectivity index (χ1v) is 7.17. The number of rotatable bonds is 6. The average molecular weight is 322 g/mol. The van der Waals surface area contributed by atoms with Crippen LogP contribution in [0.2, 0.25) is 0 Å². The van der Waals surface area contributed by atoms with Gasteiger partial charge >= 0.3 is 0 Å². The topological polar surface area (TPSA) is 95.1 Å². The van der Waals surface area contributed by atoms with E-state index in [-0.39, 0.29) is 6.61 Å². The number of benzene rings is 1. The summed E-state index contributed by atoms with van der Waals surface area (Å²) in [6.45, 7) is 0.128. The molecule has 3 rings (SSSR count). The highest BCUT2D eigenvalue weighted by Crippen LogP contribution is 2.09. The maximum atomic E-state index is 10.8. The number of aromatic nitrogens is 5. The first-order chi connectivity index (χ1) is 11.8. The molecule has 0 spiro atoms. The summed E-state index contributed by atoms with van der Waals surface area (Å²) in [4.78, 5) is 20.3. The Kier molecular flexibility index (Phi) is 4.66. The third-order valence-corrected chi connectivity index (χ3v) is 3.20. The molecule has 0 N–H and O–H groups in total. The fraction of sp³-hybridized carbons (Fsp3) is 0.125. The zero-order valence-electron chi connectivity index (χ0n) is 12.9. The van der Waals surface area contributed by atoms with Crippen molar-refractivity contribution < 1.29 is 9.63 Å². The molecule has 3 aromatic rings. The number of nitrogens with zero attached hydrogens (tertiary/aromatic N) is 6. The Morgan fingerprint density at radius 2 is 2.04 bits per heavy atom. The number of aldehydes is 1. The van der Waals surface area contributed by atoms with Crippen molar-refractivity contribution >= 4 is 12.0 Å². The second-order valence-electron chi connectivity index (χ2n) is 4.88. The Labute approximate surface area is 137 Å². The van der Waals surface area contributed by atoms with Crippen LogP contribution in [0.5, 0.6) is 0 Å². The van der Waals surface area contributed by atoms with Gasteiger partial charge in [0.05, 0.1) is 5.69 Å². The largest absolute Gasteiger partial charge is 0.389 e. The second-order valence-corrected chi connectivity index (χ2v) is 4.88. The van der Waals surface area contributed by atoms with Gasteiger partial charge in [-0.05, 0) is 22.6 Å². The van der Waals surface area contributed by atoms with E-state index in [9.17, 15) is 4.79 Å². The number of tetrazole rings is 1.